The van der Waals surface area contributed by atoms with E-state index < -0.39 is 17.9 Å². The van der Waals surface area contributed by atoms with Crippen molar-refractivity contribution in [3.8, 4) is 11.3 Å². The van der Waals surface area contributed by atoms with E-state index in [1.165, 1.54) is 23.1 Å². The van der Waals surface area contributed by atoms with Gasteiger partial charge in [0.1, 0.15) is 22.9 Å². The fourth-order valence-corrected chi connectivity index (χ4v) is 5.54. The summed E-state index contributed by atoms with van der Waals surface area (Å²) in [6.45, 7) is 5.44. The molecule has 230 valence electrons. The summed E-state index contributed by atoms with van der Waals surface area (Å²) in [4.78, 5) is 45.9. The van der Waals surface area contributed by atoms with Crippen molar-refractivity contribution in [2.24, 2.45) is 4.99 Å². The van der Waals surface area contributed by atoms with Crippen LogP contribution in [0.3, 0.4) is 0 Å². The molecule has 0 spiro atoms. The number of halogens is 1. The van der Waals surface area contributed by atoms with Crippen LogP contribution in [-0.2, 0) is 14.4 Å². The Balaban J connectivity index is 1.40. The zero-order valence-electron chi connectivity index (χ0n) is 24.9. The van der Waals surface area contributed by atoms with Crippen molar-refractivity contribution in [2.45, 2.75) is 13.0 Å². The number of furan rings is 1. The molecule has 0 radical (unpaired) electrons. The molecule has 7 nitrogen and oxygen atoms in total. The SMILES string of the molecule is C=C/C=C\C(=C/C)N1C(=O)/C(=C/c2ccc(-c3ccc(F)cc3)o2)C(=O)N=C1SCC(=O)NC(c1ccccc1)c1ccccc1. The van der Waals surface area contributed by atoms with Crippen LogP contribution in [0.25, 0.3) is 17.4 Å². The fourth-order valence-electron chi connectivity index (χ4n) is 4.74. The summed E-state index contributed by atoms with van der Waals surface area (Å²) in [6, 6.07) is 27.9. The highest BCUT2D eigenvalue weighted by atomic mass is 32.2. The minimum Gasteiger partial charge on any atom is -0.457 e. The number of allylic oxidation sites excluding steroid dienone is 4. The van der Waals surface area contributed by atoms with E-state index in [1.807, 2.05) is 60.7 Å². The van der Waals surface area contributed by atoms with Gasteiger partial charge >= 0.3 is 0 Å². The molecule has 0 aliphatic carbocycles. The maximum absolute atomic E-state index is 13.9. The van der Waals surface area contributed by atoms with E-state index in [-0.39, 0.29) is 34.0 Å². The van der Waals surface area contributed by atoms with Gasteiger partial charge in [-0.2, -0.15) is 4.99 Å². The Hall–Kier alpha value is -5.54. The number of hydrogen-bond acceptors (Lipinski definition) is 5. The van der Waals surface area contributed by atoms with Crippen LogP contribution in [0, 0.1) is 5.82 Å². The lowest BCUT2D eigenvalue weighted by Crippen LogP contribution is -2.42. The van der Waals surface area contributed by atoms with Crippen LogP contribution in [0.2, 0.25) is 0 Å². The first kappa shape index (κ1) is 31.9. The van der Waals surface area contributed by atoms with Gasteiger partial charge in [-0.05, 0) is 66.6 Å². The van der Waals surface area contributed by atoms with Crippen LogP contribution in [0.4, 0.5) is 4.39 Å². The lowest BCUT2D eigenvalue weighted by atomic mass is 9.99. The Bertz CT molecular complexity index is 1820. The van der Waals surface area contributed by atoms with Crippen molar-refractivity contribution in [1.82, 2.24) is 10.2 Å². The monoisotopic (exact) mass is 631 g/mol. The number of nitrogens with zero attached hydrogens (tertiary/aromatic N) is 2. The maximum atomic E-state index is 13.9. The lowest BCUT2D eigenvalue weighted by Gasteiger charge is -2.28. The minimum atomic E-state index is -0.765. The number of benzene rings is 3. The van der Waals surface area contributed by atoms with Crippen molar-refractivity contribution >= 4 is 40.7 Å². The molecule has 3 aromatic carbocycles. The Morgan fingerprint density at radius 2 is 1.63 bits per heavy atom. The van der Waals surface area contributed by atoms with Crippen LogP contribution in [0.15, 0.2) is 149 Å². The van der Waals surface area contributed by atoms with E-state index in [1.54, 1.807) is 55.5 Å². The van der Waals surface area contributed by atoms with Crippen LogP contribution in [0.5, 0.6) is 0 Å². The topological polar surface area (TPSA) is 92.0 Å². The number of amidine groups is 1. The number of amides is 3. The average Bonchev–Trinajstić information content (AvgIpc) is 3.55. The number of rotatable bonds is 10. The lowest BCUT2D eigenvalue weighted by molar-refractivity contribution is -0.126. The summed E-state index contributed by atoms with van der Waals surface area (Å²) in [5.41, 5.74) is 2.68. The summed E-state index contributed by atoms with van der Waals surface area (Å²) in [5.74, 6) is -1.49. The Morgan fingerprint density at radius 3 is 2.24 bits per heavy atom. The van der Waals surface area contributed by atoms with Gasteiger partial charge in [-0.15, -0.1) is 0 Å². The molecule has 46 heavy (non-hydrogen) atoms. The third-order valence-electron chi connectivity index (χ3n) is 6.96. The third kappa shape index (κ3) is 7.57. The molecule has 0 saturated carbocycles. The highest BCUT2D eigenvalue weighted by molar-refractivity contribution is 8.14. The predicted molar refractivity (Wildman–Crippen MR) is 180 cm³/mol. The predicted octanol–water partition coefficient (Wildman–Crippen LogP) is 7.48. The van der Waals surface area contributed by atoms with E-state index in [0.29, 0.717) is 17.0 Å². The molecule has 1 aliphatic heterocycles. The second-order valence-corrected chi connectivity index (χ2v) is 11.0. The highest BCUT2D eigenvalue weighted by Gasteiger charge is 2.35. The van der Waals surface area contributed by atoms with Crippen molar-refractivity contribution in [3.63, 3.8) is 0 Å². The smallest absolute Gasteiger partial charge is 0.285 e. The molecular formula is C37H30FN3O4S. The number of carbonyl (C=O) groups is 3. The summed E-state index contributed by atoms with van der Waals surface area (Å²) in [5, 5.41) is 3.14. The standard InChI is InChI=1S/C37H30FN3O4S/c1-3-5-16-29(4-2)41-36(44)31(23-30-21-22-32(45-30)25-17-19-28(38)20-18-25)35(43)40-37(41)46-24-33(42)39-34(26-12-8-6-9-13-26)27-14-10-7-11-15-27/h3-23,34H,1,24H2,2H3,(H,39,42)/b16-5-,29-4+,31-23+. The molecule has 0 fully saturated rings. The van der Waals surface area contributed by atoms with Gasteiger partial charge in [0.05, 0.1) is 11.8 Å². The number of hydrogen-bond donors (Lipinski definition) is 1. The van der Waals surface area contributed by atoms with Crippen LogP contribution in [0.1, 0.15) is 29.9 Å². The van der Waals surface area contributed by atoms with Gasteiger partial charge in [-0.25, -0.2) is 4.39 Å². The zero-order chi connectivity index (χ0) is 32.5. The summed E-state index contributed by atoms with van der Waals surface area (Å²) in [6.07, 6.45) is 7.90. The summed E-state index contributed by atoms with van der Waals surface area (Å²) < 4.78 is 19.2. The van der Waals surface area contributed by atoms with Gasteiger partial charge in [-0.3, -0.25) is 19.3 Å². The van der Waals surface area contributed by atoms with Gasteiger partial charge in [0.2, 0.25) is 5.91 Å². The first-order chi connectivity index (χ1) is 22.4. The molecule has 0 atom stereocenters. The van der Waals surface area contributed by atoms with Crippen LogP contribution < -0.4 is 5.32 Å². The van der Waals surface area contributed by atoms with Crippen molar-refractivity contribution in [2.75, 3.05) is 5.75 Å². The van der Waals surface area contributed by atoms with Crippen molar-refractivity contribution in [3.05, 3.63) is 162 Å². The molecule has 0 unspecified atom stereocenters. The molecule has 9 heteroatoms. The first-order valence-corrected chi connectivity index (χ1v) is 15.4. The van der Waals surface area contributed by atoms with Crippen molar-refractivity contribution < 1.29 is 23.2 Å². The molecule has 1 aliphatic rings. The zero-order valence-corrected chi connectivity index (χ0v) is 25.7. The van der Waals surface area contributed by atoms with E-state index in [2.05, 4.69) is 16.9 Å². The minimum absolute atomic E-state index is 0.0616. The number of aliphatic imine (C=N–C) groups is 1. The van der Waals surface area contributed by atoms with E-state index in [0.717, 1.165) is 22.9 Å². The molecule has 2 heterocycles. The third-order valence-corrected chi connectivity index (χ3v) is 7.89. The quantitative estimate of drug-likeness (QED) is 0.111. The Morgan fingerprint density at radius 1 is 0.978 bits per heavy atom. The van der Waals surface area contributed by atoms with Gasteiger partial charge in [0, 0.05) is 11.3 Å². The molecule has 0 bridgehead atoms. The van der Waals surface area contributed by atoms with Gasteiger partial charge < -0.3 is 9.73 Å². The summed E-state index contributed by atoms with van der Waals surface area (Å²) in [7, 11) is 0. The van der Waals surface area contributed by atoms with Crippen LogP contribution >= 0.6 is 11.8 Å². The summed E-state index contributed by atoms with van der Waals surface area (Å²) >= 11 is 0.982. The van der Waals surface area contributed by atoms with Gasteiger partial charge in [-0.1, -0.05) is 97.2 Å². The molecule has 1 N–H and O–H groups in total. The fraction of sp³-hybridized carbons (Fsp3) is 0.0811. The van der Waals surface area contributed by atoms with E-state index in [9.17, 15) is 18.8 Å². The van der Waals surface area contributed by atoms with E-state index in [4.69, 9.17) is 4.42 Å². The average molecular weight is 632 g/mol. The number of nitrogens with one attached hydrogen (secondary N) is 1. The van der Waals surface area contributed by atoms with Gasteiger partial charge in [0.15, 0.2) is 5.17 Å². The molecule has 1 aromatic heterocycles. The normalized spacial score (nSPS) is 14.7. The molecule has 0 saturated heterocycles. The Labute approximate surface area is 270 Å². The number of carbonyl (C=O) groups excluding carboxylic acids is 3. The highest BCUT2D eigenvalue weighted by Crippen LogP contribution is 2.29. The van der Waals surface area contributed by atoms with E-state index >= 15 is 0 Å². The first-order valence-electron chi connectivity index (χ1n) is 14.4. The molecule has 3 amide bonds. The van der Waals surface area contributed by atoms with Crippen molar-refractivity contribution in [1.29, 1.82) is 0 Å². The van der Waals surface area contributed by atoms with Gasteiger partial charge in [0.25, 0.3) is 11.8 Å². The maximum Gasteiger partial charge on any atom is 0.285 e. The second-order valence-electron chi connectivity index (χ2n) is 10.0. The molecular weight excluding hydrogens is 601 g/mol. The molecule has 5 rings (SSSR count). The van der Waals surface area contributed by atoms with Crippen LogP contribution in [-0.4, -0.2) is 33.5 Å². The largest absolute Gasteiger partial charge is 0.457 e. The molecule has 4 aromatic rings. The number of thioether (sulfide) groups is 1. The second kappa shape index (κ2) is 15.0. The Kier molecular flexibility index (Phi) is 10.4.